The maximum Gasteiger partial charge on any atom is 0.0279 e. The highest BCUT2D eigenvalue weighted by Crippen LogP contribution is 2.07. The Balaban J connectivity index is 2.55. The lowest BCUT2D eigenvalue weighted by Gasteiger charge is -2.23. The van der Waals surface area contributed by atoms with Gasteiger partial charge in [0.25, 0.3) is 0 Å². The Bertz CT molecular complexity index is 186. The van der Waals surface area contributed by atoms with E-state index in [9.17, 15) is 0 Å². The Morgan fingerprint density at radius 1 is 1.75 bits per heavy atom. The molecule has 1 N–H and O–H groups in total. The molecule has 1 unspecified atom stereocenters. The molecule has 0 amide bonds. The molecule has 0 aromatic rings. The molecule has 0 saturated carbocycles. The minimum absolute atomic E-state index is 0.548. The normalized spacial score (nSPS) is 29.8. The summed E-state index contributed by atoms with van der Waals surface area (Å²) in [4.78, 5) is 2.32. The molecule has 0 fully saturated rings. The average Bonchev–Trinajstić information content (AvgIpc) is 2.07. The molecule has 0 saturated heterocycles. The van der Waals surface area contributed by atoms with Crippen LogP contribution in [0.25, 0.3) is 0 Å². The number of hydrogen-bond donors (Lipinski definition) is 1. The zero-order valence-electron chi connectivity index (χ0n) is 7.88. The minimum Gasteiger partial charge on any atom is -0.303 e. The van der Waals surface area contributed by atoms with Gasteiger partial charge in [0.1, 0.15) is 0 Å². The average molecular weight is 167 g/mol. The van der Waals surface area contributed by atoms with Gasteiger partial charge in [-0.05, 0) is 20.4 Å². The fraction of sp³-hybridized carbons (Fsp3) is 0.667. The van der Waals surface area contributed by atoms with Crippen molar-refractivity contribution in [3.63, 3.8) is 0 Å². The van der Waals surface area contributed by atoms with E-state index in [1.54, 1.807) is 0 Å². The van der Waals surface area contributed by atoms with Gasteiger partial charge >= 0.3 is 0 Å². The van der Waals surface area contributed by atoms with Gasteiger partial charge in [0, 0.05) is 30.9 Å². The van der Waals surface area contributed by atoms with Crippen molar-refractivity contribution >= 4 is 6.21 Å². The number of nitrogens with zero attached hydrogens (tertiary/aromatic N) is 2. The molecule has 1 rings (SSSR count). The Kier molecular flexibility index (Phi) is 3.29. The Labute approximate surface area is 74.1 Å². The Morgan fingerprint density at radius 2 is 2.50 bits per heavy atom. The van der Waals surface area contributed by atoms with Crippen LogP contribution in [0.4, 0.5) is 0 Å². The second kappa shape index (κ2) is 4.26. The van der Waals surface area contributed by atoms with Gasteiger partial charge in [-0.2, -0.15) is 5.10 Å². The third-order valence-electron chi connectivity index (χ3n) is 2.22. The Hall–Kier alpha value is -0.830. The highest BCUT2D eigenvalue weighted by molar-refractivity contribution is 5.57. The van der Waals surface area contributed by atoms with E-state index in [2.05, 4.69) is 36.0 Å². The quantitative estimate of drug-likeness (QED) is 0.587. The summed E-state index contributed by atoms with van der Waals surface area (Å²) in [7, 11) is 2.14. The van der Waals surface area contributed by atoms with Crippen molar-refractivity contribution < 1.29 is 0 Å². The molecule has 0 aromatic carbocycles. The van der Waals surface area contributed by atoms with Crippen molar-refractivity contribution in [1.82, 2.24) is 10.3 Å². The second-order valence-corrected chi connectivity index (χ2v) is 3.35. The second-order valence-electron chi connectivity index (χ2n) is 3.35. The molecule has 1 atom stereocenters. The van der Waals surface area contributed by atoms with Crippen molar-refractivity contribution in [2.75, 3.05) is 13.6 Å². The molecule has 12 heavy (non-hydrogen) atoms. The summed E-state index contributed by atoms with van der Waals surface area (Å²) in [5.41, 5.74) is 3.92. The number of rotatable bonds is 0. The molecule has 3 heteroatoms. The number of hydrogen-bond acceptors (Lipinski definition) is 3. The largest absolute Gasteiger partial charge is 0.303 e. The van der Waals surface area contributed by atoms with Crippen LogP contribution in [0.1, 0.15) is 19.8 Å². The number of nitrogens with one attached hydrogen (secondary N) is 1. The smallest absolute Gasteiger partial charge is 0.0279 e. The molecule has 1 heterocycles. The zero-order valence-corrected chi connectivity index (χ0v) is 7.88. The summed E-state index contributed by atoms with van der Waals surface area (Å²) < 4.78 is 0. The lowest BCUT2D eigenvalue weighted by atomic mass is 10.2. The molecule has 0 spiro atoms. The monoisotopic (exact) mass is 167 g/mol. The first-order valence-electron chi connectivity index (χ1n) is 4.35. The van der Waals surface area contributed by atoms with Crippen LogP contribution in [0.3, 0.4) is 0 Å². The van der Waals surface area contributed by atoms with Crippen LogP contribution in [0.15, 0.2) is 17.4 Å². The van der Waals surface area contributed by atoms with E-state index in [1.165, 1.54) is 0 Å². The minimum atomic E-state index is 0.548. The van der Waals surface area contributed by atoms with Crippen LogP contribution in [-0.2, 0) is 0 Å². The summed E-state index contributed by atoms with van der Waals surface area (Å²) in [5, 5.41) is 4.04. The maximum absolute atomic E-state index is 4.04. The molecular formula is C9H17N3. The van der Waals surface area contributed by atoms with Gasteiger partial charge in [-0.1, -0.05) is 6.58 Å². The van der Waals surface area contributed by atoms with E-state index in [0.717, 1.165) is 25.1 Å². The summed E-state index contributed by atoms with van der Waals surface area (Å²) in [6, 6.07) is 0.548. The lowest BCUT2D eigenvalue weighted by molar-refractivity contribution is 0.263. The highest BCUT2D eigenvalue weighted by atomic mass is 15.3. The van der Waals surface area contributed by atoms with Crippen molar-refractivity contribution in [2.24, 2.45) is 5.10 Å². The van der Waals surface area contributed by atoms with Crippen LogP contribution in [0.2, 0.25) is 0 Å². The van der Waals surface area contributed by atoms with Crippen LogP contribution in [0, 0.1) is 0 Å². The van der Waals surface area contributed by atoms with Gasteiger partial charge in [0.15, 0.2) is 0 Å². The zero-order chi connectivity index (χ0) is 8.97. The standard InChI is InChI=1S/C9H17N3/c1-8-7-9(2)12(3)6-4-5-10-11-8/h5,9,11H,1,4,6-7H2,2-3H3/b10-5-. The molecule has 0 aromatic heterocycles. The molecule has 68 valence electrons. The van der Waals surface area contributed by atoms with E-state index in [1.807, 2.05) is 6.21 Å². The fourth-order valence-electron chi connectivity index (χ4n) is 1.24. The maximum atomic E-state index is 4.04. The molecule has 0 radical (unpaired) electrons. The lowest BCUT2D eigenvalue weighted by Crippen LogP contribution is -2.30. The number of hydrazone groups is 1. The predicted octanol–water partition coefficient (Wildman–Crippen LogP) is 1.19. The third kappa shape index (κ3) is 2.66. The molecule has 1 aliphatic rings. The molecule has 0 bridgehead atoms. The van der Waals surface area contributed by atoms with Crippen LogP contribution < -0.4 is 5.43 Å². The van der Waals surface area contributed by atoms with Crippen molar-refractivity contribution in [2.45, 2.75) is 25.8 Å². The van der Waals surface area contributed by atoms with Gasteiger partial charge in [-0.25, -0.2) is 0 Å². The van der Waals surface area contributed by atoms with Gasteiger partial charge in [0.2, 0.25) is 0 Å². The topological polar surface area (TPSA) is 27.6 Å². The molecule has 0 aliphatic carbocycles. The van der Waals surface area contributed by atoms with Gasteiger partial charge in [0.05, 0.1) is 0 Å². The van der Waals surface area contributed by atoms with E-state index >= 15 is 0 Å². The predicted molar refractivity (Wildman–Crippen MR) is 52.1 cm³/mol. The first kappa shape index (κ1) is 9.26. The first-order chi connectivity index (χ1) is 5.70. The third-order valence-corrected chi connectivity index (χ3v) is 2.22. The fourth-order valence-corrected chi connectivity index (χ4v) is 1.24. The van der Waals surface area contributed by atoms with E-state index in [4.69, 9.17) is 0 Å². The van der Waals surface area contributed by atoms with Crippen LogP contribution in [-0.4, -0.2) is 30.7 Å². The molecular weight excluding hydrogens is 150 g/mol. The summed E-state index contributed by atoms with van der Waals surface area (Å²) >= 11 is 0. The van der Waals surface area contributed by atoms with Gasteiger partial charge in [-0.3, -0.25) is 5.43 Å². The first-order valence-corrected chi connectivity index (χ1v) is 4.35. The van der Waals surface area contributed by atoms with Crippen LogP contribution in [0.5, 0.6) is 0 Å². The Morgan fingerprint density at radius 3 is 3.25 bits per heavy atom. The summed E-state index contributed by atoms with van der Waals surface area (Å²) in [5.74, 6) is 0. The summed E-state index contributed by atoms with van der Waals surface area (Å²) in [6.45, 7) is 7.17. The van der Waals surface area contributed by atoms with E-state index in [0.29, 0.717) is 6.04 Å². The molecule has 1 aliphatic heterocycles. The van der Waals surface area contributed by atoms with Crippen molar-refractivity contribution in [1.29, 1.82) is 0 Å². The summed E-state index contributed by atoms with van der Waals surface area (Å²) in [6.07, 6.45) is 3.87. The van der Waals surface area contributed by atoms with E-state index < -0.39 is 0 Å². The van der Waals surface area contributed by atoms with Gasteiger partial charge in [-0.15, -0.1) is 0 Å². The highest BCUT2D eigenvalue weighted by Gasteiger charge is 2.10. The molecule has 3 nitrogen and oxygen atoms in total. The van der Waals surface area contributed by atoms with E-state index in [-0.39, 0.29) is 0 Å². The van der Waals surface area contributed by atoms with Crippen LogP contribution >= 0.6 is 0 Å². The van der Waals surface area contributed by atoms with Crippen molar-refractivity contribution in [3.05, 3.63) is 12.3 Å². The van der Waals surface area contributed by atoms with Crippen molar-refractivity contribution in [3.8, 4) is 0 Å². The SMILES string of the molecule is C=C1CC(C)N(C)CC/C=N\N1. The van der Waals surface area contributed by atoms with Gasteiger partial charge < -0.3 is 4.90 Å².